The summed E-state index contributed by atoms with van der Waals surface area (Å²) in [5.41, 5.74) is 0.779. The molecule has 4 nitrogen and oxygen atoms in total. The van der Waals surface area contributed by atoms with Gasteiger partial charge in [0, 0.05) is 19.0 Å². The van der Waals surface area contributed by atoms with Crippen LogP contribution in [0.4, 0.5) is 5.13 Å². The van der Waals surface area contributed by atoms with E-state index < -0.39 is 0 Å². The van der Waals surface area contributed by atoms with Crippen LogP contribution in [0.1, 0.15) is 43.2 Å². The lowest BCUT2D eigenvalue weighted by atomic mass is 9.74. The molecule has 1 saturated heterocycles. The molecule has 5 heteroatoms. The van der Waals surface area contributed by atoms with Crippen LogP contribution >= 0.6 is 11.3 Å². The zero-order valence-corrected chi connectivity index (χ0v) is 13.8. The van der Waals surface area contributed by atoms with Crippen LogP contribution < -0.4 is 4.90 Å². The van der Waals surface area contributed by atoms with Crippen molar-refractivity contribution >= 4 is 16.5 Å². The van der Waals surface area contributed by atoms with Gasteiger partial charge >= 0.3 is 0 Å². The summed E-state index contributed by atoms with van der Waals surface area (Å²) in [5, 5.41) is 20.4. The second-order valence-electron chi connectivity index (χ2n) is 6.12. The Morgan fingerprint density at radius 2 is 1.86 bits per heavy atom. The molecule has 22 heavy (non-hydrogen) atoms. The number of nitrogens with zero attached hydrogens (tertiary/aromatic N) is 4. The number of benzene rings is 1. The number of piperidine rings is 1. The Labute approximate surface area is 135 Å². The standard InChI is InChI=1S/C17H20N4S/c1-13(2)15-19-20-16(22-15)21-10-8-17(12-18,9-11-21)14-6-4-3-5-7-14/h3-7,13H,8-11H2,1-2H3. The fraction of sp³-hybridized carbons (Fsp3) is 0.471. The van der Waals surface area contributed by atoms with E-state index in [2.05, 4.69) is 47.1 Å². The van der Waals surface area contributed by atoms with E-state index in [1.54, 1.807) is 11.3 Å². The molecule has 0 saturated carbocycles. The summed E-state index contributed by atoms with van der Waals surface area (Å²) < 4.78 is 0. The van der Waals surface area contributed by atoms with Crippen molar-refractivity contribution in [2.24, 2.45) is 0 Å². The fourth-order valence-electron chi connectivity index (χ4n) is 2.89. The van der Waals surface area contributed by atoms with Crippen molar-refractivity contribution in [3.8, 4) is 6.07 Å². The number of nitriles is 1. The zero-order chi connectivity index (χ0) is 15.6. The van der Waals surface area contributed by atoms with Crippen LogP contribution in [-0.4, -0.2) is 23.3 Å². The number of anilines is 1. The highest BCUT2D eigenvalue weighted by Gasteiger charge is 2.37. The van der Waals surface area contributed by atoms with Gasteiger partial charge in [0.05, 0.1) is 11.5 Å². The molecular formula is C17H20N4S. The second-order valence-corrected chi connectivity index (χ2v) is 7.11. The Hall–Kier alpha value is -1.93. The van der Waals surface area contributed by atoms with Gasteiger partial charge in [-0.25, -0.2) is 0 Å². The molecule has 1 aromatic heterocycles. The number of rotatable bonds is 3. The van der Waals surface area contributed by atoms with E-state index in [1.165, 1.54) is 0 Å². The van der Waals surface area contributed by atoms with Gasteiger partial charge in [0.25, 0.3) is 0 Å². The third-order valence-corrected chi connectivity index (χ3v) is 5.64. The molecule has 0 bridgehead atoms. The highest BCUT2D eigenvalue weighted by Crippen LogP contribution is 2.37. The van der Waals surface area contributed by atoms with Crippen LogP contribution in [0.15, 0.2) is 30.3 Å². The summed E-state index contributed by atoms with van der Waals surface area (Å²) in [7, 11) is 0. The SMILES string of the molecule is CC(C)c1nnc(N2CCC(C#N)(c3ccccc3)CC2)s1. The highest BCUT2D eigenvalue weighted by atomic mass is 32.1. The molecule has 0 amide bonds. The predicted molar refractivity (Wildman–Crippen MR) is 89.2 cm³/mol. The largest absolute Gasteiger partial charge is 0.347 e. The smallest absolute Gasteiger partial charge is 0.208 e. The normalized spacial score (nSPS) is 17.5. The van der Waals surface area contributed by atoms with Crippen molar-refractivity contribution in [3.05, 3.63) is 40.9 Å². The lowest BCUT2D eigenvalue weighted by Gasteiger charge is -2.37. The Balaban J connectivity index is 1.75. The van der Waals surface area contributed by atoms with Gasteiger partial charge in [-0.2, -0.15) is 5.26 Å². The van der Waals surface area contributed by atoms with Crippen LogP contribution in [0, 0.1) is 11.3 Å². The van der Waals surface area contributed by atoms with Gasteiger partial charge in [-0.3, -0.25) is 0 Å². The predicted octanol–water partition coefficient (Wildman–Crippen LogP) is 3.72. The molecule has 0 aliphatic carbocycles. The molecule has 2 heterocycles. The molecule has 114 valence electrons. The highest BCUT2D eigenvalue weighted by molar-refractivity contribution is 7.15. The molecule has 0 spiro atoms. The maximum atomic E-state index is 9.73. The number of hydrogen-bond donors (Lipinski definition) is 0. The van der Waals surface area contributed by atoms with E-state index in [0.717, 1.165) is 41.6 Å². The average molecular weight is 312 g/mol. The summed E-state index contributed by atoms with van der Waals surface area (Å²) >= 11 is 1.67. The molecule has 1 aliphatic heterocycles. The first-order valence-electron chi connectivity index (χ1n) is 7.70. The minimum absolute atomic E-state index is 0.358. The second kappa shape index (κ2) is 6.05. The van der Waals surface area contributed by atoms with E-state index in [0.29, 0.717) is 5.92 Å². The summed E-state index contributed by atoms with van der Waals surface area (Å²) in [6.45, 7) is 5.98. The third kappa shape index (κ3) is 2.71. The summed E-state index contributed by atoms with van der Waals surface area (Å²) in [5.74, 6) is 0.415. The van der Waals surface area contributed by atoms with E-state index in [1.807, 2.05) is 18.2 Å². The summed E-state index contributed by atoms with van der Waals surface area (Å²) in [4.78, 5) is 2.27. The van der Waals surface area contributed by atoms with Crippen molar-refractivity contribution in [2.75, 3.05) is 18.0 Å². The molecule has 3 rings (SSSR count). The van der Waals surface area contributed by atoms with E-state index in [9.17, 15) is 5.26 Å². The van der Waals surface area contributed by atoms with Crippen molar-refractivity contribution in [1.82, 2.24) is 10.2 Å². The zero-order valence-electron chi connectivity index (χ0n) is 13.0. The Morgan fingerprint density at radius 1 is 1.18 bits per heavy atom. The molecular weight excluding hydrogens is 292 g/mol. The van der Waals surface area contributed by atoms with Crippen LogP contribution in [0.5, 0.6) is 0 Å². The molecule has 0 atom stereocenters. The molecule has 0 N–H and O–H groups in total. The maximum Gasteiger partial charge on any atom is 0.208 e. The van der Waals surface area contributed by atoms with Crippen LogP contribution in [0.2, 0.25) is 0 Å². The molecule has 2 aromatic rings. The summed E-state index contributed by atoms with van der Waals surface area (Å²) in [6, 6.07) is 12.7. The van der Waals surface area contributed by atoms with E-state index in [-0.39, 0.29) is 5.41 Å². The Morgan fingerprint density at radius 3 is 2.41 bits per heavy atom. The minimum Gasteiger partial charge on any atom is -0.347 e. The first-order valence-corrected chi connectivity index (χ1v) is 8.51. The lowest BCUT2D eigenvalue weighted by Crippen LogP contribution is -2.42. The monoisotopic (exact) mass is 312 g/mol. The van der Waals surface area contributed by atoms with Crippen molar-refractivity contribution in [2.45, 2.75) is 38.0 Å². The van der Waals surface area contributed by atoms with Gasteiger partial charge in [-0.05, 0) is 18.4 Å². The molecule has 1 fully saturated rings. The Bertz CT molecular complexity index is 663. The quantitative estimate of drug-likeness (QED) is 0.866. The Kier molecular flexibility index (Phi) is 4.12. The van der Waals surface area contributed by atoms with Gasteiger partial charge in [0.2, 0.25) is 5.13 Å². The van der Waals surface area contributed by atoms with Crippen molar-refractivity contribution < 1.29 is 0 Å². The van der Waals surface area contributed by atoms with Gasteiger partial charge in [0.15, 0.2) is 0 Å². The van der Waals surface area contributed by atoms with E-state index in [4.69, 9.17) is 0 Å². The van der Waals surface area contributed by atoms with E-state index >= 15 is 0 Å². The molecule has 1 aromatic carbocycles. The fourth-order valence-corrected chi connectivity index (χ4v) is 3.79. The third-order valence-electron chi connectivity index (χ3n) is 4.35. The number of aromatic nitrogens is 2. The van der Waals surface area contributed by atoms with Crippen molar-refractivity contribution in [1.29, 1.82) is 5.26 Å². The van der Waals surface area contributed by atoms with Gasteiger partial charge in [-0.15, -0.1) is 10.2 Å². The number of hydrogen-bond acceptors (Lipinski definition) is 5. The van der Waals surface area contributed by atoms with Crippen LogP contribution in [-0.2, 0) is 5.41 Å². The molecule has 0 unspecified atom stereocenters. The van der Waals surface area contributed by atoms with Gasteiger partial charge in [0.1, 0.15) is 5.01 Å². The van der Waals surface area contributed by atoms with Crippen LogP contribution in [0.3, 0.4) is 0 Å². The van der Waals surface area contributed by atoms with Gasteiger partial charge in [-0.1, -0.05) is 55.5 Å². The first-order chi connectivity index (χ1) is 10.6. The first kappa shape index (κ1) is 15.0. The minimum atomic E-state index is -0.358. The van der Waals surface area contributed by atoms with Crippen LogP contribution in [0.25, 0.3) is 0 Å². The topological polar surface area (TPSA) is 52.8 Å². The lowest BCUT2D eigenvalue weighted by molar-refractivity contribution is 0.415. The maximum absolute atomic E-state index is 9.73. The van der Waals surface area contributed by atoms with Gasteiger partial charge < -0.3 is 4.90 Å². The summed E-state index contributed by atoms with van der Waals surface area (Å²) in [6.07, 6.45) is 1.67. The average Bonchev–Trinajstić information content (AvgIpc) is 3.06. The molecule has 1 aliphatic rings. The molecule has 0 radical (unpaired) electrons. The van der Waals surface area contributed by atoms with Crippen molar-refractivity contribution in [3.63, 3.8) is 0 Å².